The maximum absolute atomic E-state index is 5.57. The predicted octanol–water partition coefficient (Wildman–Crippen LogP) is 2.66. The molecule has 0 radical (unpaired) electrons. The Morgan fingerprint density at radius 2 is 1.53 bits per heavy atom. The number of piperidine rings is 1. The van der Waals surface area contributed by atoms with Gasteiger partial charge in [-0.15, -0.1) is 0 Å². The summed E-state index contributed by atoms with van der Waals surface area (Å²) >= 11 is 0. The van der Waals surface area contributed by atoms with Crippen molar-refractivity contribution < 1.29 is 17.8 Å². The third-order valence-electron chi connectivity index (χ3n) is 5.03. The molecule has 0 N–H and O–H groups in total. The van der Waals surface area contributed by atoms with Crippen molar-refractivity contribution in [2.24, 2.45) is 0 Å². The summed E-state index contributed by atoms with van der Waals surface area (Å²) in [6.07, 6.45) is 5.33. The second-order valence-electron chi connectivity index (χ2n) is 5.75. The Hall–Kier alpha value is 0.0569. The van der Waals surface area contributed by atoms with Crippen molar-refractivity contribution in [2.45, 2.75) is 51.6 Å². The molecule has 4 nitrogen and oxygen atoms in total. The zero-order chi connectivity index (χ0) is 14.4. The van der Waals surface area contributed by atoms with Crippen molar-refractivity contribution in [3.05, 3.63) is 0 Å². The van der Waals surface area contributed by atoms with Crippen molar-refractivity contribution in [2.75, 3.05) is 41.0 Å². The SMILES string of the molecule is CCC(C)[N+]1(CC[Si](OC)(OC)OC)CCCCC1. The normalized spacial score (nSPS) is 21.3. The lowest BCUT2D eigenvalue weighted by Gasteiger charge is -2.47. The summed E-state index contributed by atoms with van der Waals surface area (Å²) < 4.78 is 17.9. The second-order valence-corrected chi connectivity index (χ2v) is 8.84. The first-order chi connectivity index (χ1) is 9.08. The molecule has 5 heteroatoms. The highest BCUT2D eigenvalue weighted by molar-refractivity contribution is 6.60. The van der Waals surface area contributed by atoms with Gasteiger partial charge >= 0.3 is 8.80 Å². The van der Waals surface area contributed by atoms with E-state index >= 15 is 0 Å². The van der Waals surface area contributed by atoms with E-state index in [9.17, 15) is 0 Å². The van der Waals surface area contributed by atoms with Crippen LogP contribution in [0, 0.1) is 0 Å². The van der Waals surface area contributed by atoms with E-state index in [-0.39, 0.29) is 0 Å². The zero-order valence-corrected chi connectivity index (χ0v) is 14.4. The summed E-state index contributed by atoms with van der Waals surface area (Å²) in [6, 6.07) is 1.64. The first-order valence-corrected chi connectivity index (χ1v) is 9.52. The van der Waals surface area contributed by atoms with Gasteiger partial charge in [-0.25, -0.2) is 0 Å². The molecule has 0 aromatic carbocycles. The highest BCUT2D eigenvalue weighted by Crippen LogP contribution is 2.27. The molecular weight excluding hydrogens is 258 g/mol. The molecule has 1 aliphatic rings. The molecule has 0 aliphatic carbocycles. The molecule has 19 heavy (non-hydrogen) atoms. The second kappa shape index (κ2) is 7.74. The number of rotatable bonds is 8. The molecule has 114 valence electrons. The molecule has 0 bridgehead atoms. The Morgan fingerprint density at radius 3 is 1.95 bits per heavy atom. The molecular formula is C14H32NO3Si+. The summed E-state index contributed by atoms with van der Waals surface area (Å²) in [5.74, 6) is 0. The van der Waals surface area contributed by atoms with Crippen LogP contribution in [-0.4, -0.2) is 60.3 Å². The maximum Gasteiger partial charge on any atom is 0.505 e. The fourth-order valence-corrected chi connectivity index (χ4v) is 5.16. The van der Waals surface area contributed by atoms with Crippen molar-refractivity contribution in [1.82, 2.24) is 0 Å². The minimum atomic E-state index is -2.42. The Kier molecular flexibility index (Phi) is 6.97. The largest absolute Gasteiger partial charge is 0.505 e. The van der Waals surface area contributed by atoms with Crippen molar-refractivity contribution in [3.8, 4) is 0 Å². The van der Waals surface area contributed by atoms with E-state index in [0.29, 0.717) is 0 Å². The van der Waals surface area contributed by atoms with E-state index in [4.69, 9.17) is 13.3 Å². The van der Waals surface area contributed by atoms with Gasteiger partial charge in [0.2, 0.25) is 0 Å². The van der Waals surface area contributed by atoms with Crippen LogP contribution in [0.1, 0.15) is 39.5 Å². The van der Waals surface area contributed by atoms with Gasteiger partial charge in [-0.05, 0) is 32.6 Å². The molecule has 1 rings (SSSR count). The molecule has 1 fully saturated rings. The monoisotopic (exact) mass is 290 g/mol. The van der Waals surface area contributed by atoms with Crippen molar-refractivity contribution in [1.29, 1.82) is 0 Å². The van der Waals surface area contributed by atoms with Crippen molar-refractivity contribution >= 4 is 8.80 Å². The van der Waals surface area contributed by atoms with Gasteiger partial charge in [0, 0.05) is 21.3 Å². The van der Waals surface area contributed by atoms with Gasteiger partial charge in [0.1, 0.15) is 0 Å². The van der Waals surface area contributed by atoms with Crippen LogP contribution < -0.4 is 0 Å². The van der Waals surface area contributed by atoms with Crippen LogP contribution in [0.3, 0.4) is 0 Å². The summed E-state index contributed by atoms with van der Waals surface area (Å²) in [4.78, 5) is 0. The summed E-state index contributed by atoms with van der Waals surface area (Å²) in [6.45, 7) is 8.41. The number of hydrogen-bond donors (Lipinski definition) is 0. The number of hydrogen-bond acceptors (Lipinski definition) is 3. The van der Waals surface area contributed by atoms with Gasteiger partial charge in [-0.2, -0.15) is 0 Å². The van der Waals surface area contributed by atoms with E-state index in [1.807, 2.05) is 0 Å². The van der Waals surface area contributed by atoms with Crippen LogP contribution in [0.5, 0.6) is 0 Å². The van der Waals surface area contributed by atoms with Gasteiger partial charge in [-0.1, -0.05) is 6.92 Å². The first-order valence-electron chi connectivity index (χ1n) is 7.59. The Labute approximate surface area is 120 Å². The van der Waals surface area contributed by atoms with Crippen LogP contribution in [0.25, 0.3) is 0 Å². The fourth-order valence-electron chi connectivity index (χ4n) is 3.33. The summed E-state index contributed by atoms with van der Waals surface area (Å²) in [7, 11) is 2.71. The number of likely N-dealkylation sites (tertiary alicyclic amines) is 1. The third kappa shape index (κ3) is 4.01. The van der Waals surface area contributed by atoms with Gasteiger partial charge in [0.25, 0.3) is 0 Å². The minimum Gasteiger partial charge on any atom is -0.377 e. The molecule has 1 saturated heterocycles. The van der Waals surface area contributed by atoms with Crippen LogP contribution in [-0.2, 0) is 13.3 Å². The highest BCUT2D eigenvalue weighted by Gasteiger charge is 2.43. The molecule has 1 aliphatic heterocycles. The lowest BCUT2D eigenvalue weighted by molar-refractivity contribution is -0.952. The van der Waals surface area contributed by atoms with Crippen LogP contribution >= 0.6 is 0 Å². The molecule has 0 aromatic heterocycles. The minimum absolute atomic E-state index is 0.720. The average molecular weight is 291 g/mol. The van der Waals surface area contributed by atoms with Crippen LogP contribution in [0.15, 0.2) is 0 Å². The lowest BCUT2D eigenvalue weighted by atomic mass is 10.0. The standard InChI is InChI=1S/C14H32NO3Si/c1-6-14(2)15(10-8-7-9-11-15)12-13-19(16-3,17-4)18-5/h14H,6-13H2,1-5H3/q+1. The predicted molar refractivity (Wildman–Crippen MR) is 80.1 cm³/mol. The molecule has 0 aromatic rings. The Morgan fingerprint density at radius 1 is 1.00 bits per heavy atom. The van der Waals surface area contributed by atoms with Gasteiger partial charge in [0.05, 0.1) is 31.7 Å². The smallest absolute Gasteiger partial charge is 0.377 e. The van der Waals surface area contributed by atoms with E-state index < -0.39 is 8.80 Å². The topological polar surface area (TPSA) is 27.7 Å². The van der Waals surface area contributed by atoms with Crippen molar-refractivity contribution in [3.63, 3.8) is 0 Å². The maximum atomic E-state index is 5.57. The zero-order valence-electron chi connectivity index (χ0n) is 13.4. The van der Waals surface area contributed by atoms with Gasteiger partial charge < -0.3 is 17.8 Å². The molecule has 0 saturated carbocycles. The van der Waals surface area contributed by atoms with Crippen LogP contribution in [0.4, 0.5) is 0 Å². The molecule has 1 heterocycles. The highest BCUT2D eigenvalue weighted by atomic mass is 28.4. The Bertz CT molecular complexity index is 245. The number of nitrogens with zero attached hydrogens (tertiary/aromatic N) is 1. The van der Waals surface area contributed by atoms with E-state index in [1.54, 1.807) is 21.3 Å². The summed E-state index contributed by atoms with van der Waals surface area (Å²) in [5, 5.41) is 0. The van der Waals surface area contributed by atoms with E-state index in [2.05, 4.69) is 13.8 Å². The molecule has 0 amide bonds. The number of quaternary nitrogens is 1. The fraction of sp³-hybridized carbons (Fsp3) is 1.00. The van der Waals surface area contributed by atoms with Crippen LogP contribution in [0.2, 0.25) is 6.04 Å². The van der Waals surface area contributed by atoms with E-state index in [1.165, 1.54) is 43.3 Å². The van der Waals surface area contributed by atoms with Gasteiger partial charge in [-0.3, -0.25) is 0 Å². The molecule has 1 unspecified atom stereocenters. The quantitative estimate of drug-likeness (QED) is 0.508. The first kappa shape index (κ1) is 17.1. The lowest BCUT2D eigenvalue weighted by Crippen LogP contribution is -2.59. The Balaban J connectivity index is 2.72. The van der Waals surface area contributed by atoms with Gasteiger partial charge in [0.15, 0.2) is 0 Å². The average Bonchev–Trinajstić information content (AvgIpc) is 2.49. The van der Waals surface area contributed by atoms with E-state index in [0.717, 1.165) is 18.6 Å². The molecule has 1 atom stereocenters. The third-order valence-corrected chi connectivity index (χ3v) is 7.73. The summed E-state index contributed by atoms with van der Waals surface area (Å²) in [5.41, 5.74) is 0. The molecule has 0 spiro atoms.